The Hall–Kier alpha value is -4.80. The molecule has 1 amide bonds. The molecule has 0 radical (unpaired) electrons. The molecule has 2 aliphatic heterocycles. The normalized spacial score (nSPS) is 18.6. The average Bonchev–Trinajstić information content (AvgIpc) is 3.47. The highest BCUT2D eigenvalue weighted by Crippen LogP contribution is 2.36. The first-order valence-electron chi connectivity index (χ1n) is 17.9. The van der Waals surface area contributed by atoms with Crippen LogP contribution in [-0.4, -0.2) is 62.5 Å². The maximum absolute atomic E-state index is 16.0. The van der Waals surface area contributed by atoms with Gasteiger partial charge >= 0.3 is 6.09 Å². The van der Waals surface area contributed by atoms with Gasteiger partial charge in [0.2, 0.25) is 0 Å². The number of amides is 1. The Bertz CT molecular complexity index is 1970. The third kappa shape index (κ3) is 7.92. The summed E-state index contributed by atoms with van der Waals surface area (Å²) in [5, 5.41) is 5.91. The molecular weight excluding hydrogens is 645 g/mol. The van der Waals surface area contributed by atoms with Crippen LogP contribution in [0.25, 0.3) is 22.3 Å². The molecule has 4 heterocycles. The van der Waals surface area contributed by atoms with Crippen LogP contribution in [0.15, 0.2) is 84.9 Å². The van der Waals surface area contributed by atoms with Crippen LogP contribution in [-0.2, 0) is 22.6 Å². The highest BCUT2D eigenvalue weighted by molar-refractivity contribution is 5.85. The Labute approximate surface area is 298 Å². The van der Waals surface area contributed by atoms with Gasteiger partial charge in [-0.05, 0) is 81.8 Å². The lowest BCUT2D eigenvalue weighted by Crippen LogP contribution is -2.51. The molecule has 2 aromatic heterocycles. The first-order valence-corrected chi connectivity index (χ1v) is 17.9. The second kappa shape index (κ2) is 14.8. The number of pyridine rings is 1. The van der Waals surface area contributed by atoms with E-state index in [-0.39, 0.29) is 18.4 Å². The Morgan fingerprint density at radius 2 is 1.75 bits per heavy atom. The number of benzene rings is 3. The SMILES string of the molecule is Cc1nn(C2CCCCO2)c2nc(-c3ccc(OCc4ccccc4)cc3F)cc(CN3CCN(C(=O)OC(C)(C)C)CC3c3ccccc3)c12. The summed E-state index contributed by atoms with van der Waals surface area (Å²) >= 11 is 0. The van der Waals surface area contributed by atoms with Gasteiger partial charge in [-0.3, -0.25) is 4.90 Å². The van der Waals surface area contributed by atoms with Crippen molar-refractivity contribution in [2.75, 3.05) is 26.2 Å². The number of carbonyl (C=O) groups is 1. The molecule has 9 nitrogen and oxygen atoms in total. The van der Waals surface area contributed by atoms with E-state index in [0.29, 0.717) is 62.0 Å². The largest absolute Gasteiger partial charge is 0.489 e. The van der Waals surface area contributed by atoms with Crippen molar-refractivity contribution in [3.8, 4) is 17.0 Å². The fourth-order valence-electron chi connectivity index (χ4n) is 7.03. The van der Waals surface area contributed by atoms with Crippen molar-refractivity contribution in [3.05, 3.63) is 113 Å². The Kier molecular flexibility index (Phi) is 10.1. The topological polar surface area (TPSA) is 82.0 Å². The molecule has 10 heteroatoms. The number of aromatic nitrogens is 3. The van der Waals surface area contributed by atoms with E-state index in [2.05, 4.69) is 17.0 Å². The first kappa shape index (κ1) is 34.6. The summed E-state index contributed by atoms with van der Waals surface area (Å²) in [6.07, 6.45) is 2.34. The van der Waals surface area contributed by atoms with Gasteiger partial charge in [0.1, 0.15) is 23.8 Å². The lowest BCUT2D eigenvalue weighted by atomic mass is 9.99. The molecular formula is C41H46FN5O4. The Balaban J connectivity index is 1.25. The monoisotopic (exact) mass is 691 g/mol. The summed E-state index contributed by atoms with van der Waals surface area (Å²) < 4.78 is 35.8. The van der Waals surface area contributed by atoms with E-state index in [1.54, 1.807) is 17.0 Å². The van der Waals surface area contributed by atoms with Crippen LogP contribution in [0.2, 0.25) is 0 Å². The minimum atomic E-state index is -0.587. The average molecular weight is 692 g/mol. The van der Waals surface area contributed by atoms with Gasteiger partial charge in [-0.15, -0.1) is 0 Å². The van der Waals surface area contributed by atoms with Crippen LogP contribution in [0.5, 0.6) is 5.75 Å². The maximum Gasteiger partial charge on any atom is 0.410 e. The second-order valence-electron chi connectivity index (χ2n) is 14.5. The van der Waals surface area contributed by atoms with Gasteiger partial charge in [-0.1, -0.05) is 60.7 Å². The van der Waals surface area contributed by atoms with Gasteiger partial charge in [-0.2, -0.15) is 5.10 Å². The van der Waals surface area contributed by atoms with Crippen LogP contribution in [0.1, 0.15) is 74.7 Å². The van der Waals surface area contributed by atoms with Gasteiger partial charge < -0.3 is 19.1 Å². The second-order valence-corrected chi connectivity index (χ2v) is 14.5. The molecule has 0 saturated carbocycles. The molecule has 2 atom stereocenters. The summed E-state index contributed by atoms with van der Waals surface area (Å²) in [5.41, 5.74) is 4.95. The fraction of sp³-hybridized carbons (Fsp3) is 0.390. The van der Waals surface area contributed by atoms with Crippen LogP contribution >= 0.6 is 0 Å². The molecule has 5 aromatic rings. The van der Waals surface area contributed by atoms with E-state index in [1.807, 2.05) is 87.0 Å². The Morgan fingerprint density at radius 3 is 2.45 bits per heavy atom. The Morgan fingerprint density at radius 1 is 0.980 bits per heavy atom. The molecule has 2 aliphatic rings. The maximum atomic E-state index is 16.0. The molecule has 0 bridgehead atoms. The van der Waals surface area contributed by atoms with E-state index in [9.17, 15) is 4.79 Å². The number of halogens is 1. The molecule has 2 fully saturated rings. The molecule has 7 rings (SSSR count). The van der Waals surface area contributed by atoms with Crippen molar-refractivity contribution in [2.45, 2.75) is 78.0 Å². The van der Waals surface area contributed by atoms with E-state index in [0.717, 1.165) is 47.0 Å². The van der Waals surface area contributed by atoms with Crippen molar-refractivity contribution >= 4 is 17.1 Å². The van der Waals surface area contributed by atoms with Crippen LogP contribution in [0, 0.1) is 12.7 Å². The quantitative estimate of drug-likeness (QED) is 0.161. The van der Waals surface area contributed by atoms with Gasteiger partial charge in [-0.25, -0.2) is 18.9 Å². The standard InChI is InChI=1S/C41H46FN5O4/c1-28-38-31(25-45-20-21-46(40(48)51-41(2,3)4)26-36(45)30-15-9-6-10-16-30)23-35(43-39(38)47(44-28)37-17-11-12-22-49-37)33-19-18-32(24-34(33)42)50-27-29-13-7-5-8-14-29/h5-10,13-16,18-19,23-24,36-37H,11-12,17,20-22,25-27H2,1-4H3. The zero-order chi connectivity index (χ0) is 35.5. The third-order valence-corrected chi connectivity index (χ3v) is 9.51. The minimum absolute atomic E-state index is 0.0889. The van der Waals surface area contributed by atoms with E-state index in [1.165, 1.54) is 6.07 Å². The highest BCUT2D eigenvalue weighted by atomic mass is 19.1. The number of rotatable bonds is 8. The van der Waals surface area contributed by atoms with Gasteiger partial charge in [0, 0.05) is 49.8 Å². The lowest BCUT2D eigenvalue weighted by molar-refractivity contribution is -0.0371. The predicted octanol–water partition coefficient (Wildman–Crippen LogP) is 8.62. The van der Waals surface area contributed by atoms with Crippen molar-refractivity contribution in [1.82, 2.24) is 24.6 Å². The van der Waals surface area contributed by atoms with Crippen LogP contribution < -0.4 is 4.74 Å². The fourth-order valence-corrected chi connectivity index (χ4v) is 7.03. The van der Waals surface area contributed by atoms with Crippen molar-refractivity contribution in [1.29, 1.82) is 0 Å². The number of hydrogen-bond acceptors (Lipinski definition) is 7. The van der Waals surface area contributed by atoms with Gasteiger partial charge in [0.05, 0.1) is 17.4 Å². The number of aryl methyl sites for hydroxylation is 1. The molecule has 3 aromatic carbocycles. The van der Waals surface area contributed by atoms with E-state index in [4.69, 9.17) is 24.3 Å². The van der Waals surface area contributed by atoms with E-state index >= 15 is 4.39 Å². The highest BCUT2D eigenvalue weighted by Gasteiger charge is 2.34. The predicted molar refractivity (Wildman–Crippen MR) is 195 cm³/mol. The molecule has 0 spiro atoms. The molecule has 2 saturated heterocycles. The smallest absolute Gasteiger partial charge is 0.410 e. The van der Waals surface area contributed by atoms with Crippen LogP contribution in [0.4, 0.5) is 9.18 Å². The molecule has 51 heavy (non-hydrogen) atoms. The summed E-state index contributed by atoms with van der Waals surface area (Å²) in [4.78, 5) is 22.5. The summed E-state index contributed by atoms with van der Waals surface area (Å²) in [6.45, 7) is 10.8. The number of fused-ring (bicyclic) bond motifs is 1. The molecule has 266 valence electrons. The zero-order valence-corrected chi connectivity index (χ0v) is 29.8. The zero-order valence-electron chi connectivity index (χ0n) is 29.8. The molecule has 2 unspecified atom stereocenters. The van der Waals surface area contributed by atoms with Crippen molar-refractivity contribution in [3.63, 3.8) is 0 Å². The van der Waals surface area contributed by atoms with Crippen molar-refractivity contribution < 1.29 is 23.4 Å². The molecule has 0 N–H and O–H groups in total. The first-order chi connectivity index (χ1) is 24.6. The number of carbonyl (C=O) groups excluding carboxylic acids is 1. The minimum Gasteiger partial charge on any atom is -0.489 e. The van der Waals surface area contributed by atoms with Crippen LogP contribution in [0.3, 0.4) is 0 Å². The van der Waals surface area contributed by atoms with Crippen molar-refractivity contribution in [2.24, 2.45) is 0 Å². The van der Waals surface area contributed by atoms with Gasteiger partial charge in [0.15, 0.2) is 11.9 Å². The summed E-state index contributed by atoms with van der Waals surface area (Å²) in [5.74, 6) is 0.0367. The number of ether oxygens (including phenoxy) is 3. The number of piperazine rings is 1. The summed E-state index contributed by atoms with van der Waals surface area (Å²) in [6, 6.07) is 26.9. The lowest BCUT2D eigenvalue weighted by Gasteiger charge is -2.42. The number of hydrogen-bond donors (Lipinski definition) is 0. The third-order valence-electron chi connectivity index (χ3n) is 9.51. The molecule has 0 aliphatic carbocycles. The van der Waals surface area contributed by atoms with Gasteiger partial charge in [0.25, 0.3) is 0 Å². The summed E-state index contributed by atoms with van der Waals surface area (Å²) in [7, 11) is 0. The number of nitrogens with zero attached hydrogens (tertiary/aromatic N) is 5. The van der Waals surface area contributed by atoms with E-state index < -0.39 is 11.4 Å².